The van der Waals surface area contributed by atoms with Crippen LogP contribution in [0.25, 0.3) is 5.76 Å². The highest BCUT2D eigenvalue weighted by Gasteiger charge is 2.15. The third-order valence-corrected chi connectivity index (χ3v) is 3.08. The number of aliphatic hydroxyl groups excluding tert-OH is 1. The van der Waals surface area contributed by atoms with Crippen molar-refractivity contribution in [3.05, 3.63) is 65.6 Å². The summed E-state index contributed by atoms with van der Waals surface area (Å²) in [4.78, 5) is 15.6. The highest BCUT2D eigenvalue weighted by molar-refractivity contribution is 6.30. The number of rotatable bonds is 5. The molecule has 8 heteroatoms. The molecule has 0 bridgehead atoms. The van der Waals surface area contributed by atoms with Gasteiger partial charge in [0.25, 0.3) is 0 Å². The van der Waals surface area contributed by atoms with Crippen molar-refractivity contribution in [2.24, 2.45) is 0 Å². The third-order valence-electron chi connectivity index (χ3n) is 2.84. The first-order chi connectivity index (χ1) is 11.1. The van der Waals surface area contributed by atoms with Gasteiger partial charge < -0.3 is 14.3 Å². The summed E-state index contributed by atoms with van der Waals surface area (Å²) in [6.07, 6.45) is 4.76. The van der Waals surface area contributed by atoms with Gasteiger partial charge in [-0.15, -0.1) is 0 Å². The lowest BCUT2D eigenvalue weighted by Crippen LogP contribution is -1.99. The van der Waals surface area contributed by atoms with Crippen LogP contribution in [0.3, 0.4) is 0 Å². The lowest BCUT2D eigenvalue weighted by atomic mass is 10.2. The molecular weight excluding hydrogens is 322 g/mol. The number of aromatic nitrogens is 3. The molecule has 0 aliphatic rings. The monoisotopic (exact) mass is 331 g/mol. The van der Waals surface area contributed by atoms with Gasteiger partial charge in [-0.3, -0.25) is 9.89 Å². The Morgan fingerprint density at radius 1 is 1.39 bits per heavy atom. The molecule has 0 amide bonds. The Hall–Kier alpha value is -3.06. The number of ketones is 1. The fourth-order valence-corrected chi connectivity index (χ4v) is 1.98. The summed E-state index contributed by atoms with van der Waals surface area (Å²) >= 11 is 5.89. The Morgan fingerprint density at radius 2 is 2.26 bits per heavy atom. The molecule has 0 radical (unpaired) electrons. The summed E-state index contributed by atoms with van der Waals surface area (Å²) < 4.78 is 10.6. The number of benzene rings is 1. The van der Waals surface area contributed by atoms with E-state index in [-0.39, 0.29) is 22.9 Å². The first kappa shape index (κ1) is 14.9. The Balaban J connectivity index is 1.84. The van der Waals surface area contributed by atoms with Crippen LogP contribution in [0.15, 0.2) is 53.6 Å². The van der Waals surface area contributed by atoms with Gasteiger partial charge in [0.05, 0.1) is 5.56 Å². The van der Waals surface area contributed by atoms with E-state index in [1.165, 1.54) is 18.9 Å². The molecular formula is C15H10ClN3O4. The predicted octanol–water partition coefficient (Wildman–Crippen LogP) is 3.63. The molecule has 2 heterocycles. The van der Waals surface area contributed by atoms with E-state index in [2.05, 4.69) is 15.2 Å². The molecule has 7 nitrogen and oxygen atoms in total. The topological polar surface area (TPSA) is 101 Å². The normalized spacial score (nSPS) is 11.4. The van der Waals surface area contributed by atoms with Gasteiger partial charge in [0, 0.05) is 11.1 Å². The number of nitrogens with zero attached hydrogens (tertiary/aromatic N) is 2. The zero-order valence-electron chi connectivity index (χ0n) is 11.6. The van der Waals surface area contributed by atoms with E-state index in [0.717, 1.165) is 6.08 Å². The SMILES string of the molecule is O=C(C=C(O)c1cocc1Oc1cccc(Cl)c1)c1ncn[nH]1. The number of hydrogen-bond acceptors (Lipinski definition) is 6. The van der Waals surface area contributed by atoms with E-state index in [0.29, 0.717) is 10.8 Å². The van der Waals surface area contributed by atoms with Crippen LogP contribution in [-0.4, -0.2) is 26.1 Å². The quantitative estimate of drug-likeness (QED) is 0.420. The van der Waals surface area contributed by atoms with E-state index < -0.39 is 5.78 Å². The van der Waals surface area contributed by atoms with Crippen LogP contribution >= 0.6 is 11.6 Å². The van der Waals surface area contributed by atoms with Crippen molar-refractivity contribution in [1.29, 1.82) is 0 Å². The number of allylic oxidation sites excluding steroid dienone is 1. The Bertz CT molecular complexity index is 855. The average molecular weight is 332 g/mol. The smallest absolute Gasteiger partial charge is 0.226 e. The Kier molecular flexibility index (Phi) is 4.11. The number of hydrogen-bond donors (Lipinski definition) is 2. The highest BCUT2D eigenvalue weighted by Crippen LogP contribution is 2.31. The second-order valence-corrected chi connectivity index (χ2v) is 4.87. The molecule has 3 aromatic rings. The Labute approximate surface area is 135 Å². The van der Waals surface area contributed by atoms with Crippen molar-refractivity contribution in [3.63, 3.8) is 0 Å². The van der Waals surface area contributed by atoms with Crippen LogP contribution in [0.1, 0.15) is 16.2 Å². The molecule has 0 saturated carbocycles. The lowest BCUT2D eigenvalue weighted by molar-refractivity contribution is 0.103. The van der Waals surface area contributed by atoms with Crippen molar-refractivity contribution >= 4 is 23.1 Å². The van der Waals surface area contributed by atoms with E-state index >= 15 is 0 Å². The zero-order chi connectivity index (χ0) is 16.2. The molecule has 2 aromatic heterocycles. The largest absolute Gasteiger partial charge is 0.507 e. The Morgan fingerprint density at radius 3 is 3.00 bits per heavy atom. The fraction of sp³-hybridized carbons (Fsp3) is 0. The number of furan rings is 1. The standard InChI is InChI=1S/C15H10ClN3O4/c16-9-2-1-3-10(4-9)23-14-7-22-6-11(14)12(20)5-13(21)15-17-8-18-19-15/h1-8,20H,(H,17,18,19). The molecule has 116 valence electrons. The lowest BCUT2D eigenvalue weighted by Gasteiger charge is -2.05. The number of H-pyrrole nitrogens is 1. The number of nitrogens with one attached hydrogen (secondary N) is 1. The van der Waals surface area contributed by atoms with Crippen LogP contribution < -0.4 is 4.74 Å². The number of halogens is 1. The van der Waals surface area contributed by atoms with Gasteiger partial charge in [0.2, 0.25) is 5.78 Å². The minimum Gasteiger partial charge on any atom is -0.507 e. The van der Waals surface area contributed by atoms with Crippen LogP contribution in [0.2, 0.25) is 5.02 Å². The molecule has 0 fully saturated rings. The second-order valence-electron chi connectivity index (χ2n) is 4.44. The minimum atomic E-state index is -0.532. The van der Waals surface area contributed by atoms with Gasteiger partial charge in [-0.05, 0) is 18.2 Å². The van der Waals surface area contributed by atoms with Gasteiger partial charge >= 0.3 is 0 Å². The summed E-state index contributed by atoms with van der Waals surface area (Å²) in [5.74, 6) is -0.134. The molecule has 3 rings (SSSR count). The van der Waals surface area contributed by atoms with Crippen molar-refractivity contribution in [2.45, 2.75) is 0 Å². The first-order valence-corrected chi connectivity index (χ1v) is 6.81. The van der Waals surface area contributed by atoms with E-state index in [9.17, 15) is 9.90 Å². The van der Waals surface area contributed by atoms with Crippen LogP contribution in [0.5, 0.6) is 11.5 Å². The summed E-state index contributed by atoms with van der Waals surface area (Å²) in [5, 5.41) is 16.6. The maximum atomic E-state index is 11.9. The van der Waals surface area contributed by atoms with Crippen LogP contribution in [-0.2, 0) is 0 Å². The molecule has 2 N–H and O–H groups in total. The van der Waals surface area contributed by atoms with Gasteiger partial charge in [-0.25, -0.2) is 4.98 Å². The molecule has 1 aromatic carbocycles. The molecule has 0 unspecified atom stereocenters. The van der Waals surface area contributed by atoms with Crippen molar-refractivity contribution in [2.75, 3.05) is 0 Å². The zero-order valence-corrected chi connectivity index (χ0v) is 12.3. The number of aliphatic hydroxyl groups is 1. The molecule has 0 aliphatic carbocycles. The van der Waals surface area contributed by atoms with Crippen LogP contribution in [0, 0.1) is 0 Å². The first-order valence-electron chi connectivity index (χ1n) is 6.44. The highest BCUT2D eigenvalue weighted by atomic mass is 35.5. The van der Waals surface area contributed by atoms with E-state index in [1.807, 2.05) is 0 Å². The van der Waals surface area contributed by atoms with Crippen molar-refractivity contribution in [1.82, 2.24) is 15.2 Å². The summed E-state index contributed by atoms with van der Waals surface area (Å²) in [7, 11) is 0. The minimum absolute atomic E-state index is 0.0114. The van der Waals surface area contributed by atoms with E-state index in [4.69, 9.17) is 20.8 Å². The number of carbonyl (C=O) groups is 1. The molecule has 0 atom stereocenters. The van der Waals surface area contributed by atoms with Gasteiger partial charge in [-0.2, -0.15) is 5.10 Å². The average Bonchev–Trinajstić information content (AvgIpc) is 3.18. The molecule has 0 aliphatic heterocycles. The van der Waals surface area contributed by atoms with Crippen LogP contribution in [0.4, 0.5) is 0 Å². The summed E-state index contributed by atoms with van der Waals surface area (Å²) in [5.41, 5.74) is 0.220. The molecule has 0 spiro atoms. The number of ether oxygens (including phenoxy) is 1. The van der Waals surface area contributed by atoms with E-state index in [1.54, 1.807) is 24.3 Å². The fourth-order valence-electron chi connectivity index (χ4n) is 1.80. The predicted molar refractivity (Wildman–Crippen MR) is 81.6 cm³/mol. The number of carbonyl (C=O) groups excluding carboxylic acids is 1. The molecule has 0 saturated heterocycles. The number of aromatic amines is 1. The third kappa shape index (κ3) is 3.41. The maximum absolute atomic E-state index is 11.9. The van der Waals surface area contributed by atoms with Crippen molar-refractivity contribution < 1.29 is 19.1 Å². The summed E-state index contributed by atoms with van der Waals surface area (Å²) in [6.45, 7) is 0. The van der Waals surface area contributed by atoms with Gasteiger partial charge in [-0.1, -0.05) is 17.7 Å². The van der Waals surface area contributed by atoms with Gasteiger partial charge in [0.15, 0.2) is 11.6 Å². The molecule has 23 heavy (non-hydrogen) atoms. The maximum Gasteiger partial charge on any atom is 0.226 e. The van der Waals surface area contributed by atoms with Crippen molar-refractivity contribution in [3.8, 4) is 11.5 Å². The summed E-state index contributed by atoms with van der Waals surface area (Å²) in [6, 6.07) is 6.74. The van der Waals surface area contributed by atoms with Gasteiger partial charge in [0.1, 0.15) is 30.4 Å². The second kappa shape index (κ2) is 6.37.